The Balaban J connectivity index is 1.62. The van der Waals surface area contributed by atoms with E-state index in [-0.39, 0.29) is 11.7 Å². The van der Waals surface area contributed by atoms with E-state index in [0.717, 1.165) is 50.2 Å². The number of aliphatic hydroxyl groups is 1. The normalized spacial score (nSPS) is 25.1. The van der Waals surface area contributed by atoms with Crippen LogP contribution in [0.5, 0.6) is 5.75 Å². The van der Waals surface area contributed by atoms with Gasteiger partial charge in [-0.2, -0.15) is 18.3 Å². The smallest absolute Gasteiger partial charge is 0.416 e. The number of piperidine rings is 3. The molecule has 3 saturated heterocycles. The number of aliphatic hydroxyl groups excluding tert-OH is 1. The van der Waals surface area contributed by atoms with Crippen LogP contribution in [0.2, 0.25) is 0 Å². The molecular formula is C21H24F3N3O2. The van der Waals surface area contributed by atoms with Crippen molar-refractivity contribution in [2.24, 2.45) is 11.8 Å². The Morgan fingerprint density at radius 3 is 2.45 bits per heavy atom. The Hall–Kier alpha value is -2.19. The fourth-order valence-corrected chi connectivity index (χ4v) is 4.57. The van der Waals surface area contributed by atoms with E-state index in [9.17, 15) is 18.3 Å². The van der Waals surface area contributed by atoms with Crippen molar-refractivity contribution in [3.8, 4) is 17.0 Å². The number of rotatable bonds is 4. The lowest BCUT2D eigenvalue weighted by atomic mass is 9.75. The van der Waals surface area contributed by atoms with Gasteiger partial charge in [-0.1, -0.05) is 0 Å². The second kappa shape index (κ2) is 7.57. The van der Waals surface area contributed by atoms with Crippen molar-refractivity contribution in [2.45, 2.75) is 32.0 Å². The third-order valence-electron chi connectivity index (χ3n) is 6.20. The van der Waals surface area contributed by atoms with Gasteiger partial charge in [-0.15, -0.1) is 5.10 Å². The molecule has 4 heterocycles. The molecule has 0 spiro atoms. The maximum Gasteiger partial charge on any atom is 0.416 e. The quantitative estimate of drug-likeness (QED) is 0.834. The molecule has 3 aliphatic rings. The molecular weight excluding hydrogens is 383 g/mol. The van der Waals surface area contributed by atoms with Crippen molar-refractivity contribution in [1.82, 2.24) is 15.1 Å². The Morgan fingerprint density at radius 1 is 1.17 bits per heavy atom. The monoisotopic (exact) mass is 407 g/mol. The van der Waals surface area contributed by atoms with Gasteiger partial charge in [0.2, 0.25) is 0 Å². The number of halogens is 3. The molecule has 156 valence electrons. The van der Waals surface area contributed by atoms with Crippen molar-refractivity contribution in [1.29, 1.82) is 0 Å². The summed E-state index contributed by atoms with van der Waals surface area (Å²) < 4.78 is 44.1. The van der Waals surface area contributed by atoms with E-state index in [0.29, 0.717) is 22.9 Å². The zero-order chi connectivity index (χ0) is 20.8. The second-order valence-electron chi connectivity index (χ2n) is 7.96. The molecule has 29 heavy (non-hydrogen) atoms. The lowest BCUT2D eigenvalue weighted by molar-refractivity contribution is -0.137. The van der Waals surface area contributed by atoms with Gasteiger partial charge in [0, 0.05) is 18.0 Å². The lowest BCUT2D eigenvalue weighted by Gasteiger charge is -2.46. The van der Waals surface area contributed by atoms with Crippen molar-refractivity contribution < 1.29 is 23.0 Å². The minimum atomic E-state index is -4.45. The first-order chi connectivity index (χ1) is 13.8. The highest BCUT2D eigenvalue weighted by molar-refractivity contribution is 5.70. The number of ether oxygens (including phenoxy) is 1. The van der Waals surface area contributed by atoms with Crippen LogP contribution >= 0.6 is 0 Å². The average molecular weight is 407 g/mol. The molecule has 3 aliphatic heterocycles. The van der Waals surface area contributed by atoms with Crippen LogP contribution in [0.4, 0.5) is 13.2 Å². The Morgan fingerprint density at radius 2 is 1.90 bits per heavy atom. The molecule has 1 aromatic heterocycles. The van der Waals surface area contributed by atoms with Crippen molar-refractivity contribution in [3.05, 3.63) is 41.1 Å². The third kappa shape index (κ3) is 3.83. The molecule has 2 atom stereocenters. The second-order valence-corrected chi connectivity index (χ2v) is 7.96. The number of nitrogens with zero attached hydrogens (tertiary/aromatic N) is 3. The number of alkyl halides is 3. The molecule has 8 heteroatoms. The van der Waals surface area contributed by atoms with Gasteiger partial charge in [-0.05, 0) is 68.6 Å². The predicted octanol–water partition coefficient (Wildman–Crippen LogP) is 3.85. The first-order valence-electron chi connectivity index (χ1n) is 9.78. The van der Waals surface area contributed by atoms with E-state index < -0.39 is 17.8 Å². The van der Waals surface area contributed by atoms with Crippen LogP contribution in [0.1, 0.15) is 35.8 Å². The zero-order valence-electron chi connectivity index (χ0n) is 16.4. The molecule has 0 aliphatic carbocycles. The van der Waals surface area contributed by atoms with Gasteiger partial charge in [0.25, 0.3) is 0 Å². The number of aromatic nitrogens is 2. The van der Waals surface area contributed by atoms with Crippen LogP contribution in [0.25, 0.3) is 11.3 Å². The number of hydrogen-bond acceptors (Lipinski definition) is 5. The van der Waals surface area contributed by atoms with E-state index in [1.54, 1.807) is 6.07 Å². The summed E-state index contributed by atoms with van der Waals surface area (Å²) in [5.41, 5.74) is 1.34. The Bertz CT molecular complexity index is 895. The summed E-state index contributed by atoms with van der Waals surface area (Å²) in [5.74, 6) is 0.715. The van der Waals surface area contributed by atoms with E-state index >= 15 is 0 Å². The predicted molar refractivity (Wildman–Crippen MR) is 101 cm³/mol. The molecule has 5 rings (SSSR count). The van der Waals surface area contributed by atoms with Gasteiger partial charge in [-0.25, -0.2) is 0 Å². The summed E-state index contributed by atoms with van der Waals surface area (Å²) >= 11 is 0. The molecule has 5 nitrogen and oxygen atoms in total. The van der Waals surface area contributed by atoms with E-state index in [1.807, 2.05) is 6.92 Å². The molecule has 0 saturated carbocycles. The number of fused-ring (bicyclic) bond motifs is 3. The standard InChI is InChI=1S/C21H24F3N3O2/c1-12-9-17(20(28)16-11-27-7-5-13(16)6-8-27)25-26-19(12)15-4-3-14(21(22,23)24)10-18(15)29-2/h3-4,9-10,13,16,20,28H,5-8,11H2,1-2H3/t16?,20-/m0/s1. The SMILES string of the molecule is COc1cc(C(F)(F)F)ccc1-c1nnc([C@@H](O)C2CN3CCC2CC3)cc1C. The van der Waals surface area contributed by atoms with Crippen LogP contribution < -0.4 is 4.74 Å². The minimum absolute atomic E-state index is 0.0860. The zero-order valence-corrected chi connectivity index (χ0v) is 16.4. The molecule has 1 unspecified atom stereocenters. The maximum atomic E-state index is 13.0. The van der Waals surface area contributed by atoms with Crippen molar-refractivity contribution in [2.75, 3.05) is 26.7 Å². The van der Waals surface area contributed by atoms with Gasteiger partial charge in [-0.3, -0.25) is 0 Å². The van der Waals surface area contributed by atoms with E-state index in [4.69, 9.17) is 4.74 Å². The van der Waals surface area contributed by atoms with Gasteiger partial charge >= 0.3 is 6.18 Å². The first kappa shape index (κ1) is 20.1. The summed E-state index contributed by atoms with van der Waals surface area (Å²) in [6.45, 7) is 4.85. The highest BCUT2D eigenvalue weighted by Gasteiger charge is 2.39. The molecule has 0 amide bonds. The Kier molecular flexibility index (Phi) is 5.25. The highest BCUT2D eigenvalue weighted by Crippen LogP contribution is 2.40. The van der Waals surface area contributed by atoms with Crippen molar-refractivity contribution in [3.63, 3.8) is 0 Å². The molecule has 0 radical (unpaired) electrons. The van der Waals surface area contributed by atoms with Gasteiger partial charge in [0.15, 0.2) is 0 Å². The average Bonchev–Trinajstić information content (AvgIpc) is 2.73. The van der Waals surface area contributed by atoms with Crippen molar-refractivity contribution >= 4 is 0 Å². The fraction of sp³-hybridized carbons (Fsp3) is 0.524. The van der Waals surface area contributed by atoms with Crippen LogP contribution in [0.15, 0.2) is 24.3 Å². The molecule has 1 aromatic carbocycles. The van der Waals surface area contributed by atoms with Gasteiger partial charge in [0.1, 0.15) is 11.9 Å². The minimum Gasteiger partial charge on any atom is -0.496 e. The number of methoxy groups -OCH3 is 1. The largest absolute Gasteiger partial charge is 0.496 e. The summed E-state index contributed by atoms with van der Waals surface area (Å²) in [6.07, 6.45) is -2.96. The molecule has 1 N–H and O–H groups in total. The number of benzene rings is 1. The molecule has 2 aromatic rings. The summed E-state index contributed by atoms with van der Waals surface area (Å²) in [5, 5.41) is 19.4. The molecule has 3 fully saturated rings. The van der Waals surface area contributed by atoms with Gasteiger partial charge in [0.05, 0.1) is 24.1 Å². The molecule has 2 bridgehead atoms. The van der Waals surface area contributed by atoms with E-state index in [2.05, 4.69) is 15.1 Å². The first-order valence-corrected chi connectivity index (χ1v) is 9.78. The van der Waals surface area contributed by atoms with Crippen LogP contribution in [-0.2, 0) is 6.18 Å². The lowest BCUT2D eigenvalue weighted by Crippen LogP contribution is -2.49. The van der Waals surface area contributed by atoms with Crippen LogP contribution in [0.3, 0.4) is 0 Å². The van der Waals surface area contributed by atoms with Crippen LogP contribution in [-0.4, -0.2) is 46.9 Å². The Labute approximate surface area is 167 Å². The highest BCUT2D eigenvalue weighted by atomic mass is 19.4. The van der Waals surface area contributed by atoms with E-state index in [1.165, 1.54) is 13.2 Å². The number of aryl methyl sites for hydroxylation is 1. The van der Waals surface area contributed by atoms with Gasteiger partial charge < -0.3 is 14.7 Å². The third-order valence-corrected chi connectivity index (χ3v) is 6.20. The van der Waals surface area contributed by atoms with Crippen LogP contribution in [0, 0.1) is 18.8 Å². The summed E-state index contributed by atoms with van der Waals surface area (Å²) in [4.78, 5) is 2.37. The number of hydrogen-bond donors (Lipinski definition) is 1. The topological polar surface area (TPSA) is 58.5 Å². The summed E-state index contributed by atoms with van der Waals surface area (Å²) in [7, 11) is 1.33. The fourth-order valence-electron chi connectivity index (χ4n) is 4.57. The summed E-state index contributed by atoms with van der Waals surface area (Å²) in [6, 6.07) is 5.10. The maximum absolute atomic E-state index is 13.0.